The van der Waals surface area contributed by atoms with Crippen molar-refractivity contribution in [2.45, 2.75) is 19.4 Å². The quantitative estimate of drug-likeness (QED) is 0.468. The van der Waals surface area contributed by atoms with Gasteiger partial charge in [0.25, 0.3) is 5.69 Å². The normalized spacial score (nSPS) is 19.2. The van der Waals surface area contributed by atoms with Gasteiger partial charge in [0.1, 0.15) is 0 Å². The Balaban J connectivity index is 1.68. The van der Waals surface area contributed by atoms with Gasteiger partial charge in [0.15, 0.2) is 5.17 Å². The molecular formula is C15H15N3O4S. The van der Waals surface area contributed by atoms with E-state index >= 15 is 0 Å². The average molecular weight is 333 g/mol. The first-order valence-electron chi connectivity index (χ1n) is 7.19. The highest BCUT2D eigenvalue weighted by Crippen LogP contribution is 2.38. The van der Waals surface area contributed by atoms with Gasteiger partial charge in [-0.25, -0.2) is 0 Å². The summed E-state index contributed by atoms with van der Waals surface area (Å²) in [5.74, 6) is -0.251. The molecule has 0 aromatic heterocycles. The lowest BCUT2D eigenvalue weighted by molar-refractivity contribution is -0.384. The number of benzene rings is 1. The molecule has 3 rings (SSSR count). The van der Waals surface area contributed by atoms with Crippen molar-refractivity contribution in [1.29, 1.82) is 0 Å². The SMILES string of the molecule is CCOC(=O)CC1=CSC2=NC(c3ccc([N+](=O)[O-])cc3)CN12. The third-order valence-corrected chi connectivity index (χ3v) is 4.55. The van der Waals surface area contributed by atoms with E-state index in [0.29, 0.717) is 13.2 Å². The zero-order valence-electron chi connectivity index (χ0n) is 12.5. The van der Waals surface area contributed by atoms with Gasteiger partial charge in [-0.15, -0.1) is 0 Å². The maximum absolute atomic E-state index is 11.6. The van der Waals surface area contributed by atoms with Crippen molar-refractivity contribution in [3.63, 3.8) is 0 Å². The van der Waals surface area contributed by atoms with Crippen LogP contribution in [0.1, 0.15) is 24.9 Å². The molecule has 0 amide bonds. The van der Waals surface area contributed by atoms with Gasteiger partial charge < -0.3 is 9.64 Å². The van der Waals surface area contributed by atoms with Crippen LogP contribution >= 0.6 is 11.8 Å². The highest BCUT2D eigenvalue weighted by molar-refractivity contribution is 8.16. The number of fused-ring (bicyclic) bond motifs is 1. The second kappa shape index (κ2) is 6.41. The molecule has 1 aromatic rings. The van der Waals surface area contributed by atoms with Gasteiger partial charge in [-0.3, -0.25) is 19.9 Å². The van der Waals surface area contributed by atoms with Gasteiger partial charge in [0.2, 0.25) is 0 Å². The van der Waals surface area contributed by atoms with Crippen LogP contribution in [-0.2, 0) is 9.53 Å². The number of hydrogen-bond acceptors (Lipinski definition) is 7. The van der Waals surface area contributed by atoms with E-state index in [1.54, 1.807) is 19.1 Å². The first-order valence-corrected chi connectivity index (χ1v) is 8.07. The van der Waals surface area contributed by atoms with Gasteiger partial charge in [0.05, 0.1) is 30.5 Å². The zero-order chi connectivity index (χ0) is 16.4. The summed E-state index contributed by atoms with van der Waals surface area (Å²) in [5, 5.41) is 13.5. The Kier molecular flexibility index (Phi) is 4.33. The molecule has 1 unspecified atom stereocenters. The summed E-state index contributed by atoms with van der Waals surface area (Å²) in [6.07, 6.45) is 0.229. The van der Waals surface area contributed by atoms with Crippen LogP contribution in [0.4, 0.5) is 5.69 Å². The minimum Gasteiger partial charge on any atom is -0.466 e. The number of hydrogen-bond donors (Lipinski definition) is 0. The minimum absolute atomic E-state index is 0.0668. The van der Waals surface area contributed by atoms with Crippen LogP contribution in [0, 0.1) is 10.1 Å². The van der Waals surface area contributed by atoms with E-state index in [2.05, 4.69) is 4.99 Å². The first kappa shape index (κ1) is 15.5. The Morgan fingerprint density at radius 3 is 2.87 bits per heavy atom. The standard InChI is InChI=1S/C15H15N3O4S/c1-2-22-14(19)7-12-9-23-15-16-13(8-17(12)15)10-3-5-11(6-4-10)18(20)21/h3-6,9,13H,2,7-8H2,1H3. The Bertz CT molecular complexity index is 699. The monoisotopic (exact) mass is 333 g/mol. The number of nitrogens with zero attached hydrogens (tertiary/aromatic N) is 3. The number of carbonyl (C=O) groups excluding carboxylic acids is 1. The maximum atomic E-state index is 11.6. The van der Waals surface area contributed by atoms with Gasteiger partial charge in [0, 0.05) is 17.8 Å². The van der Waals surface area contributed by atoms with Crippen LogP contribution in [-0.4, -0.2) is 34.1 Å². The summed E-state index contributed by atoms with van der Waals surface area (Å²) in [5.41, 5.74) is 1.88. The fourth-order valence-electron chi connectivity index (χ4n) is 2.51. The van der Waals surface area contributed by atoms with E-state index < -0.39 is 4.92 Å². The number of nitro benzene ring substituents is 1. The van der Waals surface area contributed by atoms with Gasteiger partial charge in [-0.1, -0.05) is 11.8 Å². The summed E-state index contributed by atoms with van der Waals surface area (Å²) in [6.45, 7) is 2.78. The molecule has 0 aliphatic carbocycles. The molecule has 7 nitrogen and oxygen atoms in total. The number of thioether (sulfide) groups is 1. The van der Waals surface area contributed by atoms with E-state index in [-0.39, 0.29) is 24.1 Å². The molecule has 0 N–H and O–H groups in total. The summed E-state index contributed by atoms with van der Waals surface area (Å²) >= 11 is 1.49. The molecular weight excluding hydrogens is 318 g/mol. The Hall–Kier alpha value is -2.35. The first-order chi connectivity index (χ1) is 11.1. The predicted molar refractivity (Wildman–Crippen MR) is 86.9 cm³/mol. The van der Waals surface area contributed by atoms with Crippen molar-refractivity contribution >= 4 is 28.6 Å². The Labute approximate surface area is 137 Å². The number of rotatable bonds is 5. The van der Waals surface area contributed by atoms with Crippen molar-refractivity contribution in [3.05, 3.63) is 51.0 Å². The van der Waals surface area contributed by atoms with Crippen LogP contribution < -0.4 is 0 Å². The lowest BCUT2D eigenvalue weighted by Crippen LogP contribution is -2.23. The summed E-state index contributed by atoms with van der Waals surface area (Å²) in [6, 6.07) is 6.36. The van der Waals surface area contributed by atoms with E-state index in [9.17, 15) is 14.9 Å². The zero-order valence-corrected chi connectivity index (χ0v) is 13.3. The molecule has 2 heterocycles. The number of esters is 1. The molecule has 0 saturated carbocycles. The highest BCUT2D eigenvalue weighted by atomic mass is 32.2. The molecule has 8 heteroatoms. The molecule has 1 aromatic carbocycles. The van der Waals surface area contributed by atoms with Crippen LogP contribution in [0.5, 0.6) is 0 Å². The van der Waals surface area contributed by atoms with Crippen molar-refractivity contribution in [1.82, 2.24) is 4.90 Å². The molecule has 2 aliphatic rings. The summed E-state index contributed by atoms with van der Waals surface area (Å²) in [4.78, 5) is 28.6. The Morgan fingerprint density at radius 2 is 2.22 bits per heavy atom. The van der Waals surface area contributed by atoms with Crippen molar-refractivity contribution < 1.29 is 14.5 Å². The molecule has 23 heavy (non-hydrogen) atoms. The van der Waals surface area contributed by atoms with Crippen LogP contribution in [0.25, 0.3) is 0 Å². The topological polar surface area (TPSA) is 85.0 Å². The van der Waals surface area contributed by atoms with Crippen LogP contribution in [0.3, 0.4) is 0 Å². The molecule has 1 atom stereocenters. The molecule has 0 fully saturated rings. The third kappa shape index (κ3) is 3.21. The molecule has 0 bridgehead atoms. The van der Waals surface area contributed by atoms with E-state index in [4.69, 9.17) is 4.74 Å². The van der Waals surface area contributed by atoms with Crippen LogP contribution in [0.15, 0.2) is 40.4 Å². The molecule has 0 radical (unpaired) electrons. The molecule has 0 spiro atoms. The fraction of sp³-hybridized carbons (Fsp3) is 0.333. The number of ether oxygens (including phenoxy) is 1. The summed E-state index contributed by atoms with van der Waals surface area (Å²) in [7, 11) is 0. The lowest BCUT2D eigenvalue weighted by Gasteiger charge is -2.17. The number of aliphatic imine (C=N–C) groups is 1. The van der Waals surface area contributed by atoms with Crippen LogP contribution in [0.2, 0.25) is 0 Å². The van der Waals surface area contributed by atoms with Crippen molar-refractivity contribution in [2.75, 3.05) is 13.2 Å². The predicted octanol–water partition coefficient (Wildman–Crippen LogP) is 2.85. The van der Waals surface area contributed by atoms with Crippen molar-refractivity contribution in [3.8, 4) is 0 Å². The lowest BCUT2D eigenvalue weighted by atomic mass is 10.1. The van der Waals surface area contributed by atoms with Gasteiger partial charge in [-0.2, -0.15) is 0 Å². The smallest absolute Gasteiger partial charge is 0.311 e. The van der Waals surface area contributed by atoms with E-state index in [0.717, 1.165) is 16.4 Å². The maximum Gasteiger partial charge on any atom is 0.311 e. The number of non-ortho nitro benzene ring substituents is 1. The molecule has 2 aliphatic heterocycles. The largest absolute Gasteiger partial charge is 0.466 e. The fourth-order valence-corrected chi connectivity index (χ4v) is 3.47. The number of carbonyl (C=O) groups is 1. The number of nitro groups is 1. The minimum atomic E-state index is -0.418. The van der Waals surface area contributed by atoms with Gasteiger partial charge in [-0.05, 0) is 30.0 Å². The number of amidine groups is 1. The summed E-state index contributed by atoms with van der Waals surface area (Å²) < 4.78 is 4.98. The average Bonchev–Trinajstić information content (AvgIpc) is 3.10. The molecule has 120 valence electrons. The Morgan fingerprint density at radius 1 is 1.48 bits per heavy atom. The van der Waals surface area contributed by atoms with Gasteiger partial charge >= 0.3 is 5.97 Å². The second-order valence-corrected chi connectivity index (χ2v) is 5.93. The van der Waals surface area contributed by atoms with Crippen molar-refractivity contribution in [2.24, 2.45) is 4.99 Å². The van der Waals surface area contributed by atoms with E-state index in [1.807, 2.05) is 10.3 Å². The second-order valence-electron chi connectivity index (χ2n) is 5.10. The molecule has 0 saturated heterocycles. The third-order valence-electron chi connectivity index (χ3n) is 3.62. The van der Waals surface area contributed by atoms with E-state index in [1.165, 1.54) is 23.9 Å². The highest BCUT2D eigenvalue weighted by Gasteiger charge is 2.33.